The summed E-state index contributed by atoms with van der Waals surface area (Å²) in [5, 5.41) is 28.9. The van der Waals surface area contributed by atoms with E-state index in [0.29, 0.717) is 13.2 Å². The highest BCUT2D eigenvalue weighted by atomic mass is 16.6. The van der Waals surface area contributed by atoms with Crippen LogP contribution in [0.3, 0.4) is 0 Å². The quantitative estimate of drug-likeness (QED) is 0.200. The van der Waals surface area contributed by atoms with Crippen molar-refractivity contribution in [2.75, 3.05) is 46.6 Å². The van der Waals surface area contributed by atoms with Gasteiger partial charge in [0, 0.05) is 26.3 Å². The number of carboxylic acid groups (broad SMARTS) is 2. The Kier molecular flexibility index (Phi) is 13.8. The van der Waals surface area contributed by atoms with Gasteiger partial charge in [0.2, 0.25) is 0 Å². The number of methoxy groups -OCH3 is 1. The van der Waals surface area contributed by atoms with Crippen molar-refractivity contribution in [3.8, 4) is 5.75 Å². The lowest BCUT2D eigenvalue weighted by atomic mass is 10.2. The summed E-state index contributed by atoms with van der Waals surface area (Å²) < 4.78 is 15.7. The summed E-state index contributed by atoms with van der Waals surface area (Å²) >= 11 is 0. The molecule has 0 aliphatic rings. The number of nitro benzene ring substituents is 1. The van der Waals surface area contributed by atoms with E-state index in [1.807, 2.05) is 0 Å². The summed E-state index contributed by atoms with van der Waals surface area (Å²) in [6.07, 6.45) is 0.969. The lowest BCUT2D eigenvalue weighted by Gasteiger charge is -2.08. The number of carboxylic acids is 2. The molecule has 0 heterocycles. The van der Waals surface area contributed by atoms with Crippen molar-refractivity contribution >= 4 is 17.6 Å². The van der Waals surface area contributed by atoms with Crippen LogP contribution < -0.4 is 10.1 Å². The van der Waals surface area contributed by atoms with Crippen LogP contribution in [0.2, 0.25) is 0 Å². The zero-order chi connectivity index (χ0) is 21.4. The molecule has 0 unspecified atom stereocenters. The Bertz CT molecular complexity index is 611. The average molecular weight is 402 g/mol. The Hall–Kier alpha value is -2.76. The summed E-state index contributed by atoms with van der Waals surface area (Å²) in [4.78, 5) is 28.7. The van der Waals surface area contributed by atoms with Gasteiger partial charge in [0.1, 0.15) is 6.61 Å². The minimum atomic E-state index is -1.82. The second kappa shape index (κ2) is 15.3. The molecule has 0 fully saturated rings. The molecule has 158 valence electrons. The smallest absolute Gasteiger partial charge is 0.414 e. The molecule has 11 heteroatoms. The second-order valence-corrected chi connectivity index (χ2v) is 5.40. The Morgan fingerprint density at radius 1 is 1.11 bits per heavy atom. The predicted molar refractivity (Wildman–Crippen MR) is 98.8 cm³/mol. The van der Waals surface area contributed by atoms with E-state index in [2.05, 4.69) is 5.32 Å². The number of carbonyl (C=O) groups is 2. The van der Waals surface area contributed by atoms with Gasteiger partial charge < -0.3 is 29.7 Å². The van der Waals surface area contributed by atoms with Crippen molar-refractivity contribution in [1.29, 1.82) is 0 Å². The van der Waals surface area contributed by atoms with Gasteiger partial charge in [-0.2, -0.15) is 0 Å². The molecule has 3 N–H and O–H groups in total. The van der Waals surface area contributed by atoms with E-state index in [4.69, 9.17) is 34.0 Å². The fraction of sp³-hybridized carbons (Fsp3) is 0.529. The molecule has 1 rings (SSSR count). The molecular weight excluding hydrogens is 376 g/mol. The van der Waals surface area contributed by atoms with E-state index in [1.165, 1.54) is 6.07 Å². The van der Waals surface area contributed by atoms with Gasteiger partial charge in [0.25, 0.3) is 0 Å². The standard InChI is InChI=1S/C15H24N2O5.C2H2O4/c1-13-4-5-15(14(12-13)17(18)19)22-11-10-21-9-7-16-6-3-8-20-2;3-1(4)2(5)6/h4-5,12,16H,3,6-11H2,1-2H3;(H,3,4)(H,5,6). The van der Waals surface area contributed by atoms with Crippen LogP contribution in [0.1, 0.15) is 12.0 Å². The lowest BCUT2D eigenvalue weighted by molar-refractivity contribution is -0.385. The summed E-state index contributed by atoms with van der Waals surface area (Å²) in [7, 11) is 1.68. The molecule has 0 radical (unpaired) electrons. The van der Waals surface area contributed by atoms with Crippen LogP contribution in [-0.4, -0.2) is 73.7 Å². The van der Waals surface area contributed by atoms with Gasteiger partial charge in [-0.05, 0) is 31.5 Å². The van der Waals surface area contributed by atoms with E-state index in [1.54, 1.807) is 26.2 Å². The molecule has 1 aromatic rings. The minimum absolute atomic E-state index is 0.0141. The van der Waals surface area contributed by atoms with E-state index < -0.39 is 16.9 Å². The van der Waals surface area contributed by atoms with Crippen LogP contribution >= 0.6 is 0 Å². The Morgan fingerprint density at radius 2 is 1.79 bits per heavy atom. The lowest BCUT2D eigenvalue weighted by Crippen LogP contribution is -2.22. The zero-order valence-corrected chi connectivity index (χ0v) is 15.9. The Balaban J connectivity index is 0.00000105. The average Bonchev–Trinajstić information content (AvgIpc) is 2.64. The highest BCUT2D eigenvalue weighted by Crippen LogP contribution is 2.27. The molecule has 28 heavy (non-hydrogen) atoms. The third-order valence-corrected chi connectivity index (χ3v) is 3.10. The van der Waals surface area contributed by atoms with Gasteiger partial charge in [0.05, 0.1) is 18.1 Å². The number of hydrogen-bond acceptors (Lipinski definition) is 8. The maximum atomic E-state index is 10.9. The fourth-order valence-corrected chi connectivity index (χ4v) is 1.82. The molecule has 0 aliphatic carbocycles. The molecule has 11 nitrogen and oxygen atoms in total. The number of nitrogens with one attached hydrogen (secondary N) is 1. The number of nitrogens with zero attached hydrogens (tertiary/aromatic N) is 1. The molecular formula is C17H26N2O9. The van der Waals surface area contributed by atoms with Gasteiger partial charge in [-0.1, -0.05) is 6.07 Å². The number of rotatable bonds is 12. The van der Waals surface area contributed by atoms with Crippen LogP contribution in [0, 0.1) is 17.0 Å². The molecule has 0 saturated carbocycles. The number of aliphatic carboxylic acids is 2. The van der Waals surface area contributed by atoms with E-state index >= 15 is 0 Å². The van der Waals surface area contributed by atoms with Gasteiger partial charge in [0.15, 0.2) is 5.75 Å². The van der Waals surface area contributed by atoms with E-state index in [0.717, 1.165) is 31.7 Å². The molecule has 0 aromatic heterocycles. The van der Waals surface area contributed by atoms with E-state index in [9.17, 15) is 10.1 Å². The summed E-state index contributed by atoms with van der Waals surface area (Å²) in [5.74, 6) is -3.37. The number of benzene rings is 1. The number of aryl methyl sites for hydroxylation is 1. The third kappa shape index (κ3) is 12.6. The zero-order valence-electron chi connectivity index (χ0n) is 15.9. The van der Waals surface area contributed by atoms with Gasteiger partial charge in [-0.15, -0.1) is 0 Å². The molecule has 0 spiro atoms. The highest BCUT2D eigenvalue weighted by molar-refractivity contribution is 6.27. The van der Waals surface area contributed by atoms with Crippen LogP contribution in [-0.2, 0) is 19.1 Å². The Labute approximate surface area is 162 Å². The maximum Gasteiger partial charge on any atom is 0.414 e. The van der Waals surface area contributed by atoms with Crippen molar-refractivity contribution in [2.24, 2.45) is 0 Å². The monoisotopic (exact) mass is 402 g/mol. The molecule has 1 aromatic carbocycles. The summed E-state index contributed by atoms with van der Waals surface area (Å²) in [5.41, 5.74) is 0.814. The minimum Gasteiger partial charge on any atom is -0.484 e. The molecule has 0 bridgehead atoms. The SMILES string of the molecule is COCCCNCCOCCOc1ccc(C)cc1[N+](=O)[O-].O=C(O)C(=O)O. The molecule has 0 saturated heterocycles. The van der Waals surface area contributed by atoms with Crippen molar-refractivity contribution in [3.63, 3.8) is 0 Å². The van der Waals surface area contributed by atoms with Crippen LogP contribution in [0.15, 0.2) is 18.2 Å². The highest BCUT2D eigenvalue weighted by Gasteiger charge is 2.14. The van der Waals surface area contributed by atoms with Crippen LogP contribution in [0.25, 0.3) is 0 Å². The normalized spacial score (nSPS) is 9.93. The number of hydrogen-bond donors (Lipinski definition) is 3. The Morgan fingerprint density at radius 3 is 2.36 bits per heavy atom. The summed E-state index contributed by atoms with van der Waals surface area (Å²) in [6.45, 7) is 5.46. The number of ether oxygens (including phenoxy) is 3. The maximum absolute atomic E-state index is 10.9. The summed E-state index contributed by atoms with van der Waals surface area (Å²) in [6, 6.07) is 4.90. The first-order valence-electron chi connectivity index (χ1n) is 8.41. The predicted octanol–water partition coefficient (Wildman–Crippen LogP) is 1.08. The molecule has 0 atom stereocenters. The van der Waals surface area contributed by atoms with Crippen molar-refractivity contribution in [1.82, 2.24) is 5.32 Å². The van der Waals surface area contributed by atoms with Crippen molar-refractivity contribution in [3.05, 3.63) is 33.9 Å². The molecule has 0 aliphatic heterocycles. The van der Waals surface area contributed by atoms with Gasteiger partial charge in [-0.3, -0.25) is 10.1 Å². The molecule has 0 amide bonds. The fourth-order valence-electron chi connectivity index (χ4n) is 1.82. The van der Waals surface area contributed by atoms with E-state index in [-0.39, 0.29) is 18.0 Å². The first-order chi connectivity index (χ1) is 13.3. The topological polar surface area (TPSA) is 157 Å². The third-order valence-electron chi connectivity index (χ3n) is 3.10. The van der Waals surface area contributed by atoms with Crippen molar-refractivity contribution in [2.45, 2.75) is 13.3 Å². The first-order valence-corrected chi connectivity index (χ1v) is 8.41. The number of nitro groups is 1. The first kappa shape index (κ1) is 25.2. The van der Waals surface area contributed by atoms with Gasteiger partial charge >= 0.3 is 17.6 Å². The largest absolute Gasteiger partial charge is 0.484 e. The van der Waals surface area contributed by atoms with Gasteiger partial charge in [-0.25, -0.2) is 9.59 Å². The van der Waals surface area contributed by atoms with Crippen LogP contribution in [0.5, 0.6) is 5.75 Å². The second-order valence-electron chi connectivity index (χ2n) is 5.40. The van der Waals surface area contributed by atoms with Crippen LogP contribution in [0.4, 0.5) is 5.69 Å². The van der Waals surface area contributed by atoms with Crippen molar-refractivity contribution < 1.29 is 38.9 Å².